The van der Waals surface area contributed by atoms with Crippen LogP contribution >= 0.6 is 11.6 Å². The number of benzene rings is 1. The van der Waals surface area contributed by atoms with E-state index in [1.165, 1.54) is 0 Å². The lowest BCUT2D eigenvalue weighted by atomic mass is 10.2. The van der Waals surface area contributed by atoms with Crippen LogP contribution in [0.15, 0.2) is 18.2 Å². The normalized spacial score (nSPS) is 16.4. The van der Waals surface area contributed by atoms with E-state index in [1.54, 1.807) is 0 Å². The molecular weight excluding hydrogens is 288 g/mol. The summed E-state index contributed by atoms with van der Waals surface area (Å²) in [5.74, 6) is 0.879. The summed E-state index contributed by atoms with van der Waals surface area (Å²) in [6.07, 6.45) is 0. The Morgan fingerprint density at radius 2 is 2.10 bits per heavy atom. The van der Waals surface area contributed by atoms with E-state index >= 15 is 0 Å². The number of hydrogen-bond donors (Lipinski definition) is 1. The van der Waals surface area contributed by atoms with Crippen molar-refractivity contribution in [2.45, 2.75) is 26.4 Å². The molecule has 4 nitrogen and oxygen atoms in total. The van der Waals surface area contributed by atoms with Gasteiger partial charge < -0.3 is 14.8 Å². The fourth-order valence-corrected chi connectivity index (χ4v) is 2.49. The maximum absolute atomic E-state index is 6.29. The highest BCUT2D eigenvalue weighted by Crippen LogP contribution is 2.26. The molecule has 0 amide bonds. The van der Waals surface area contributed by atoms with Crippen molar-refractivity contribution >= 4 is 11.6 Å². The van der Waals surface area contributed by atoms with Crippen molar-refractivity contribution < 1.29 is 9.47 Å². The fourth-order valence-electron chi connectivity index (χ4n) is 2.26. The van der Waals surface area contributed by atoms with Crippen molar-refractivity contribution in [2.24, 2.45) is 0 Å². The van der Waals surface area contributed by atoms with Crippen LogP contribution in [0.4, 0.5) is 0 Å². The predicted molar refractivity (Wildman–Crippen MR) is 86.2 cm³/mol. The summed E-state index contributed by atoms with van der Waals surface area (Å²) in [6, 6.07) is 6.25. The third-order valence-electron chi connectivity index (χ3n) is 3.53. The van der Waals surface area contributed by atoms with Gasteiger partial charge in [-0.3, -0.25) is 4.90 Å². The van der Waals surface area contributed by atoms with Crippen LogP contribution in [0.2, 0.25) is 5.02 Å². The van der Waals surface area contributed by atoms with E-state index in [0.717, 1.165) is 55.7 Å². The number of halogens is 1. The Hall–Kier alpha value is -0.810. The Balaban J connectivity index is 1.87. The first kappa shape index (κ1) is 16.6. The molecule has 0 aromatic heterocycles. The molecule has 0 spiro atoms. The number of rotatable bonds is 7. The lowest BCUT2D eigenvalue weighted by Gasteiger charge is -2.26. The largest absolute Gasteiger partial charge is 0.492 e. The third kappa shape index (κ3) is 5.47. The minimum atomic E-state index is 0.419. The second-order valence-corrected chi connectivity index (χ2v) is 5.96. The molecule has 2 rings (SSSR count). The van der Waals surface area contributed by atoms with Crippen molar-refractivity contribution in [2.75, 3.05) is 39.5 Å². The van der Waals surface area contributed by atoms with Crippen LogP contribution in [0.25, 0.3) is 0 Å². The minimum absolute atomic E-state index is 0.419. The van der Waals surface area contributed by atoms with Crippen LogP contribution in [0.1, 0.15) is 19.4 Å². The molecule has 0 bridgehead atoms. The molecule has 0 radical (unpaired) electrons. The Morgan fingerprint density at radius 1 is 1.33 bits per heavy atom. The van der Waals surface area contributed by atoms with E-state index in [2.05, 4.69) is 24.1 Å². The molecule has 0 atom stereocenters. The molecule has 118 valence electrons. The Kier molecular flexibility index (Phi) is 6.77. The predicted octanol–water partition coefficient (Wildman–Crippen LogP) is 2.55. The minimum Gasteiger partial charge on any atom is -0.492 e. The maximum Gasteiger partial charge on any atom is 0.125 e. The summed E-state index contributed by atoms with van der Waals surface area (Å²) in [5.41, 5.74) is 1.04. The van der Waals surface area contributed by atoms with Gasteiger partial charge in [-0.15, -0.1) is 0 Å². The average Bonchev–Trinajstić information content (AvgIpc) is 2.47. The van der Waals surface area contributed by atoms with Gasteiger partial charge in [0.1, 0.15) is 12.4 Å². The van der Waals surface area contributed by atoms with Gasteiger partial charge in [0, 0.05) is 42.8 Å². The van der Waals surface area contributed by atoms with Crippen LogP contribution in [0, 0.1) is 0 Å². The number of nitrogens with zero attached hydrogens (tertiary/aromatic N) is 1. The number of morpholine rings is 1. The zero-order valence-electron chi connectivity index (χ0n) is 12.9. The smallest absolute Gasteiger partial charge is 0.125 e. The summed E-state index contributed by atoms with van der Waals surface area (Å²) >= 11 is 6.29. The van der Waals surface area contributed by atoms with Gasteiger partial charge in [-0.1, -0.05) is 31.5 Å². The molecule has 0 aliphatic carbocycles. The van der Waals surface area contributed by atoms with Crippen LogP contribution in [0.5, 0.6) is 5.75 Å². The summed E-state index contributed by atoms with van der Waals surface area (Å²) in [7, 11) is 0. The molecule has 0 saturated carbocycles. The number of ether oxygens (including phenoxy) is 2. The number of hydrogen-bond acceptors (Lipinski definition) is 4. The number of nitrogens with one attached hydrogen (secondary N) is 1. The first-order valence-electron chi connectivity index (χ1n) is 7.60. The van der Waals surface area contributed by atoms with Gasteiger partial charge in [0.05, 0.1) is 13.2 Å². The Bertz CT molecular complexity index is 434. The molecular formula is C16H25ClN2O2. The van der Waals surface area contributed by atoms with Crippen LogP contribution in [-0.2, 0) is 11.3 Å². The maximum atomic E-state index is 6.29. The SMILES string of the molecule is CC(C)NCc1c(Cl)cccc1OCCN1CCOCC1. The third-order valence-corrected chi connectivity index (χ3v) is 3.89. The molecule has 1 N–H and O–H groups in total. The fraction of sp³-hybridized carbons (Fsp3) is 0.625. The van der Waals surface area contributed by atoms with E-state index < -0.39 is 0 Å². The van der Waals surface area contributed by atoms with E-state index in [0.29, 0.717) is 12.6 Å². The molecule has 1 aliphatic rings. The Labute approximate surface area is 132 Å². The summed E-state index contributed by atoms with van der Waals surface area (Å²) in [6.45, 7) is 10.2. The van der Waals surface area contributed by atoms with Crippen LogP contribution < -0.4 is 10.1 Å². The van der Waals surface area contributed by atoms with E-state index in [-0.39, 0.29) is 0 Å². The van der Waals surface area contributed by atoms with Crippen molar-refractivity contribution in [3.63, 3.8) is 0 Å². The first-order chi connectivity index (χ1) is 10.2. The molecule has 1 fully saturated rings. The highest BCUT2D eigenvalue weighted by molar-refractivity contribution is 6.31. The van der Waals surface area contributed by atoms with Gasteiger partial charge in [-0.05, 0) is 12.1 Å². The highest BCUT2D eigenvalue weighted by Gasteiger charge is 2.12. The van der Waals surface area contributed by atoms with Crippen molar-refractivity contribution in [3.05, 3.63) is 28.8 Å². The second-order valence-electron chi connectivity index (χ2n) is 5.55. The van der Waals surface area contributed by atoms with Gasteiger partial charge in [-0.25, -0.2) is 0 Å². The van der Waals surface area contributed by atoms with Crippen molar-refractivity contribution in [1.82, 2.24) is 10.2 Å². The summed E-state index contributed by atoms with van der Waals surface area (Å²) in [4.78, 5) is 2.36. The van der Waals surface area contributed by atoms with Crippen LogP contribution in [-0.4, -0.2) is 50.4 Å². The highest BCUT2D eigenvalue weighted by atomic mass is 35.5. The van der Waals surface area contributed by atoms with E-state index in [4.69, 9.17) is 21.1 Å². The lowest BCUT2D eigenvalue weighted by molar-refractivity contribution is 0.0322. The molecule has 1 aromatic rings. The quantitative estimate of drug-likeness (QED) is 0.839. The molecule has 1 heterocycles. The first-order valence-corrected chi connectivity index (χ1v) is 7.98. The van der Waals surface area contributed by atoms with Gasteiger partial charge in [0.25, 0.3) is 0 Å². The average molecular weight is 313 g/mol. The Morgan fingerprint density at radius 3 is 2.81 bits per heavy atom. The zero-order chi connectivity index (χ0) is 15.1. The molecule has 0 unspecified atom stereocenters. The van der Waals surface area contributed by atoms with Gasteiger partial charge in [-0.2, -0.15) is 0 Å². The molecule has 5 heteroatoms. The molecule has 21 heavy (non-hydrogen) atoms. The van der Waals surface area contributed by atoms with Crippen LogP contribution in [0.3, 0.4) is 0 Å². The van der Waals surface area contributed by atoms with Gasteiger partial charge in [0.2, 0.25) is 0 Å². The van der Waals surface area contributed by atoms with Crippen molar-refractivity contribution in [1.29, 1.82) is 0 Å². The summed E-state index contributed by atoms with van der Waals surface area (Å²) in [5, 5.41) is 4.15. The van der Waals surface area contributed by atoms with E-state index in [1.807, 2.05) is 18.2 Å². The van der Waals surface area contributed by atoms with E-state index in [9.17, 15) is 0 Å². The standard InChI is InChI=1S/C16H25ClN2O2/c1-13(2)18-12-14-15(17)4-3-5-16(14)21-11-8-19-6-9-20-10-7-19/h3-5,13,18H,6-12H2,1-2H3. The summed E-state index contributed by atoms with van der Waals surface area (Å²) < 4.78 is 11.3. The molecule has 1 aliphatic heterocycles. The monoisotopic (exact) mass is 312 g/mol. The van der Waals surface area contributed by atoms with Gasteiger partial charge in [0.15, 0.2) is 0 Å². The van der Waals surface area contributed by atoms with Crippen molar-refractivity contribution in [3.8, 4) is 5.75 Å². The second kappa shape index (κ2) is 8.59. The topological polar surface area (TPSA) is 33.7 Å². The lowest BCUT2D eigenvalue weighted by Crippen LogP contribution is -2.38. The zero-order valence-corrected chi connectivity index (χ0v) is 13.7. The van der Waals surface area contributed by atoms with Gasteiger partial charge >= 0.3 is 0 Å². The molecule has 1 saturated heterocycles. The molecule has 1 aromatic carbocycles.